The molecule has 1 aromatic heterocycles. The number of carboxylic acids is 1. The van der Waals surface area contributed by atoms with Gasteiger partial charge in [0.2, 0.25) is 0 Å². The fraction of sp³-hybridized carbons (Fsp3) is 0.133. The second-order valence-corrected chi connectivity index (χ2v) is 4.40. The van der Waals surface area contributed by atoms with Gasteiger partial charge in [-0.2, -0.15) is 0 Å². The maximum atomic E-state index is 11.8. The van der Waals surface area contributed by atoms with Crippen LogP contribution >= 0.6 is 0 Å². The van der Waals surface area contributed by atoms with Gasteiger partial charge in [0.15, 0.2) is 0 Å². The van der Waals surface area contributed by atoms with E-state index in [-0.39, 0.29) is 12.5 Å². The molecule has 21 heavy (non-hydrogen) atoms. The summed E-state index contributed by atoms with van der Waals surface area (Å²) in [7, 11) is 0. The minimum absolute atomic E-state index is 0.0783. The summed E-state index contributed by atoms with van der Waals surface area (Å²) in [4.78, 5) is 26.5. The smallest absolute Gasteiger partial charge is 0.319 e. The van der Waals surface area contributed by atoms with Crippen LogP contribution in [0.25, 0.3) is 0 Å². The zero-order chi connectivity index (χ0) is 15.1. The topological polar surface area (TPSA) is 91.3 Å². The predicted octanol–water partition coefficient (Wildman–Crippen LogP) is 2.03. The number of aromatic nitrogens is 1. The number of hydrogen-bond acceptors (Lipinski definition) is 3. The first-order valence-corrected chi connectivity index (χ1v) is 6.39. The lowest BCUT2D eigenvalue weighted by Gasteiger charge is -2.08. The molecule has 3 N–H and O–H groups in total. The summed E-state index contributed by atoms with van der Waals surface area (Å²) < 4.78 is 0. The molecule has 2 rings (SSSR count). The van der Waals surface area contributed by atoms with Crippen LogP contribution < -0.4 is 10.6 Å². The molecule has 0 spiro atoms. The number of hydrogen-bond donors (Lipinski definition) is 3. The lowest BCUT2D eigenvalue weighted by molar-refractivity contribution is -0.136. The Bertz CT molecular complexity index is 629. The molecule has 0 aliphatic carbocycles. The van der Waals surface area contributed by atoms with Crippen molar-refractivity contribution in [1.29, 1.82) is 0 Å². The summed E-state index contributed by atoms with van der Waals surface area (Å²) in [6.45, 7) is 0.321. The molecular weight excluding hydrogens is 270 g/mol. The molecule has 2 aromatic rings. The Morgan fingerprint density at radius 1 is 1.14 bits per heavy atom. The third-order valence-corrected chi connectivity index (χ3v) is 2.70. The first kappa shape index (κ1) is 14.5. The van der Waals surface area contributed by atoms with Gasteiger partial charge in [-0.05, 0) is 29.8 Å². The number of rotatable bonds is 5. The van der Waals surface area contributed by atoms with Crippen molar-refractivity contribution in [3.8, 4) is 0 Å². The largest absolute Gasteiger partial charge is 0.481 e. The summed E-state index contributed by atoms with van der Waals surface area (Å²) >= 11 is 0. The number of pyridine rings is 1. The SMILES string of the molecule is O=C(O)Cc1cccc(NC(=O)NCc2ccccn2)c1. The second-order valence-electron chi connectivity index (χ2n) is 4.40. The van der Waals surface area contributed by atoms with Gasteiger partial charge in [0.25, 0.3) is 0 Å². The highest BCUT2D eigenvalue weighted by molar-refractivity contribution is 5.89. The van der Waals surface area contributed by atoms with Crippen molar-refractivity contribution in [2.75, 3.05) is 5.32 Å². The molecule has 6 nitrogen and oxygen atoms in total. The van der Waals surface area contributed by atoms with Gasteiger partial charge in [0, 0.05) is 11.9 Å². The van der Waals surface area contributed by atoms with Gasteiger partial charge >= 0.3 is 12.0 Å². The lowest BCUT2D eigenvalue weighted by Crippen LogP contribution is -2.28. The average Bonchev–Trinajstić information content (AvgIpc) is 2.46. The van der Waals surface area contributed by atoms with Crippen LogP contribution in [0.3, 0.4) is 0 Å². The molecule has 0 bridgehead atoms. The highest BCUT2D eigenvalue weighted by atomic mass is 16.4. The maximum absolute atomic E-state index is 11.8. The number of urea groups is 1. The number of anilines is 1. The zero-order valence-electron chi connectivity index (χ0n) is 11.2. The molecule has 108 valence electrons. The maximum Gasteiger partial charge on any atom is 0.319 e. The number of nitrogens with one attached hydrogen (secondary N) is 2. The Hall–Kier alpha value is -2.89. The molecule has 0 atom stereocenters. The lowest BCUT2D eigenvalue weighted by atomic mass is 10.1. The van der Waals surface area contributed by atoms with Crippen LogP contribution in [0.15, 0.2) is 48.7 Å². The number of carbonyl (C=O) groups excluding carboxylic acids is 1. The Morgan fingerprint density at radius 3 is 2.71 bits per heavy atom. The fourth-order valence-corrected chi connectivity index (χ4v) is 1.78. The molecule has 0 saturated heterocycles. The van der Waals surface area contributed by atoms with E-state index in [2.05, 4.69) is 15.6 Å². The normalized spacial score (nSPS) is 9.90. The third-order valence-electron chi connectivity index (χ3n) is 2.70. The minimum Gasteiger partial charge on any atom is -0.481 e. The van der Waals surface area contributed by atoms with E-state index >= 15 is 0 Å². The van der Waals surface area contributed by atoms with E-state index < -0.39 is 5.97 Å². The number of amides is 2. The van der Waals surface area contributed by atoms with Crippen LogP contribution in [-0.2, 0) is 17.8 Å². The Morgan fingerprint density at radius 2 is 2.00 bits per heavy atom. The molecule has 0 saturated carbocycles. The van der Waals surface area contributed by atoms with Gasteiger partial charge in [0.05, 0.1) is 18.7 Å². The monoisotopic (exact) mass is 285 g/mol. The van der Waals surface area contributed by atoms with Crippen LogP contribution in [0, 0.1) is 0 Å². The van der Waals surface area contributed by atoms with E-state index in [4.69, 9.17) is 5.11 Å². The zero-order valence-corrected chi connectivity index (χ0v) is 11.2. The summed E-state index contributed by atoms with van der Waals surface area (Å²) in [5.74, 6) is -0.910. The van der Waals surface area contributed by atoms with Crippen molar-refractivity contribution in [3.63, 3.8) is 0 Å². The molecule has 0 fully saturated rings. The quantitative estimate of drug-likeness (QED) is 0.784. The molecule has 6 heteroatoms. The van der Waals surface area contributed by atoms with Gasteiger partial charge in [-0.15, -0.1) is 0 Å². The van der Waals surface area contributed by atoms with Gasteiger partial charge in [0.1, 0.15) is 0 Å². The van der Waals surface area contributed by atoms with Crippen LogP contribution in [-0.4, -0.2) is 22.1 Å². The van der Waals surface area contributed by atoms with Crippen LogP contribution in [0.4, 0.5) is 10.5 Å². The Balaban J connectivity index is 1.89. The van der Waals surface area contributed by atoms with E-state index in [0.29, 0.717) is 17.8 Å². The van der Waals surface area contributed by atoms with Crippen molar-refractivity contribution < 1.29 is 14.7 Å². The third kappa shape index (κ3) is 4.94. The number of carbonyl (C=O) groups is 2. The first-order valence-electron chi connectivity index (χ1n) is 6.39. The Labute approximate surface area is 121 Å². The Kier molecular flexibility index (Phi) is 4.87. The van der Waals surface area contributed by atoms with Crippen molar-refractivity contribution in [2.45, 2.75) is 13.0 Å². The van der Waals surface area contributed by atoms with Crippen molar-refractivity contribution in [2.24, 2.45) is 0 Å². The number of nitrogens with zero attached hydrogens (tertiary/aromatic N) is 1. The van der Waals surface area contributed by atoms with Gasteiger partial charge in [-0.3, -0.25) is 9.78 Å². The highest BCUT2D eigenvalue weighted by Crippen LogP contribution is 2.11. The second kappa shape index (κ2) is 7.04. The van der Waals surface area contributed by atoms with E-state index in [9.17, 15) is 9.59 Å². The molecule has 0 unspecified atom stereocenters. The van der Waals surface area contributed by atoms with E-state index in [1.54, 1.807) is 36.5 Å². The first-order chi connectivity index (χ1) is 10.1. The number of carboxylic acid groups (broad SMARTS) is 1. The molecule has 0 aliphatic rings. The standard InChI is InChI=1S/C15H15N3O3/c19-14(20)9-11-4-3-6-12(8-11)18-15(21)17-10-13-5-1-2-7-16-13/h1-8H,9-10H2,(H,19,20)(H2,17,18,21). The van der Waals surface area contributed by atoms with Crippen molar-refractivity contribution in [1.82, 2.24) is 10.3 Å². The molecule has 1 heterocycles. The summed E-state index contributed by atoms with van der Waals surface area (Å²) in [5.41, 5.74) is 1.93. The van der Waals surface area contributed by atoms with E-state index in [1.165, 1.54) is 0 Å². The molecular formula is C15H15N3O3. The predicted molar refractivity (Wildman–Crippen MR) is 77.9 cm³/mol. The van der Waals surface area contributed by atoms with Crippen LogP contribution in [0.2, 0.25) is 0 Å². The average molecular weight is 285 g/mol. The minimum atomic E-state index is -0.910. The van der Waals surface area contributed by atoms with E-state index in [0.717, 1.165) is 5.69 Å². The van der Waals surface area contributed by atoms with Crippen LogP contribution in [0.1, 0.15) is 11.3 Å². The van der Waals surface area contributed by atoms with Gasteiger partial charge < -0.3 is 15.7 Å². The van der Waals surface area contributed by atoms with Gasteiger partial charge in [-0.25, -0.2) is 4.79 Å². The van der Waals surface area contributed by atoms with Crippen LogP contribution in [0.5, 0.6) is 0 Å². The summed E-state index contributed by atoms with van der Waals surface area (Å²) in [6, 6.07) is 11.8. The van der Waals surface area contributed by atoms with E-state index in [1.807, 2.05) is 12.1 Å². The van der Waals surface area contributed by atoms with Crippen molar-refractivity contribution in [3.05, 3.63) is 59.9 Å². The summed E-state index contributed by atoms with van der Waals surface area (Å²) in [5, 5.41) is 14.1. The van der Waals surface area contributed by atoms with Crippen molar-refractivity contribution >= 4 is 17.7 Å². The number of aliphatic carboxylic acids is 1. The highest BCUT2D eigenvalue weighted by Gasteiger charge is 2.05. The molecule has 2 amide bonds. The van der Waals surface area contributed by atoms with Gasteiger partial charge in [-0.1, -0.05) is 18.2 Å². The molecule has 0 radical (unpaired) electrons. The summed E-state index contributed by atoms with van der Waals surface area (Å²) in [6.07, 6.45) is 1.58. The molecule has 1 aromatic carbocycles. The molecule has 0 aliphatic heterocycles. The fourth-order valence-electron chi connectivity index (χ4n) is 1.78. The number of benzene rings is 1.